The lowest BCUT2D eigenvalue weighted by Crippen LogP contribution is -2.12. The summed E-state index contributed by atoms with van der Waals surface area (Å²) in [5.74, 6) is -1.26. The molecule has 9 nitrogen and oxygen atoms in total. The van der Waals surface area contributed by atoms with E-state index in [0.29, 0.717) is 0 Å². The molecule has 0 saturated carbocycles. The van der Waals surface area contributed by atoms with Crippen molar-refractivity contribution in [3.63, 3.8) is 0 Å². The minimum Gasteiger partial charge on any atom is -0.390 e. The van der Waals surface area contributed by atoms with Gasteiger partial charge in [-0.05, 0) is 21.8 Å². The summed E-state index contributed by atoms with van der Waals surface area (Å²) in [5, 5.41) is 29.8. The van der Waals surface area contributed by atoms with E-state index in [2.05, 4.69) is 4.98 Å². The van der Waals surface area contributed by atoms with Gasteiger partial charge in [0.2, 0.25) is 0 Å². The number of aromatic nitrogens is 2. The molecule has 0 saturated heterocycles. The Morgan fingerprint density at radius 2 is 2.13 bits per heavy atom. The topological polar surface area (TPSA) is 124 Å². The van der Waals surface area contributed by atoms with E-state index in [1.807, 2.05) is 0 Å². The zero-order valence-corrected chi connectivity index (χ0v) is 7.73. The molecule has 0 spiro atoms. The minimum atomic E-state index is -0.850. The Labute approximate surface area is 83.3 Å². The highest BCUT2D eigenvalue weighted by Gasteiger charge is 2.23. The fourth-order valence-corrected chi connectivity index (χ4v) is 1.05. The maximum atomic E-state index is 10.5. The van der Waals surface area contributed by atoms with Crippen LogP contribution in [0, 0.1) is 20.2 Å². The van der Waals surface area contributed by atoms with Gasteiger partial charge in [-0.2, -0.15) is 0 Å². The molecule has 1 rings (SSSR count). The molecule has 15 heavy (non-hydrogen) atoms. The van der Waals surface area contributed by atoms with Crippen LogP contribution in [0.25, 0.3) is 0 Å². The number of aliphatic hydroxyl groups excluding tert-OH is 1. The predicted molar refractivity (Wildman–Crippen MR) is 47.2 cm³/mol. The normalized spacial score (nSPS) is 12.4. The average Bonchev–Trinajstić information content (AvgIpc) is 2.46. The van der Waals surface area contributed by atoms with Gasteiger partial charge < -0.3 is 25.3 Å². The molecule has 0 fully saturated rings. The van der Waals surface area contributed by atoms with Gasteiger partial charge in [-0.15, -0.1) is 0 Å². The van der Waals surface area contributed by atoms with Crippen molar-refractivity contribution in [1.82, 2.24) is 9.55 Å². The number of rotatable bonds is 4. The van der Waals surface area contributed by atoms with E-state index in [1.165, 1.54) is 6.92 Å². The van der Waals surface area contributed by atoms with Crippen LogP contribution in [-0.4, -0.2) is 30.6 Å². The lowest BCUT2D eigenvalue weighted by molar-refractivity contribution is -0.403. The Balaban J connectivity index is 3.11. The molecular formula is C6H8N4O5. The molecule has 9 heteroatoms. The molecule has 1 unspecified atom stereocenters. The average molecular weight is 216 g/mol. The van der Waals surface area contributed by atoms with Gasteiger partial charge in [0.15, 0.2) is 6.20 Å². The molecule has 1 atom stereocenters. The molecule has 0 aromatic carbocycles. The summed E-state index contributed by atoms with van der Waals surface area (Å²) in [5.41, 5.74) is 0. The van der Waals surface area contributed by atoms with Gasteiger partial charge in [-0.25, -0.2) is 4.57 Å². The first-order valence-corrected chi connectivity index (χ1v) is 3.96. The summed E-state index contributed by atoms with van der Waals surface area (Å²) in [6.45, 7) is 1.30. The summed E-state index contributed by atoms with van der Waals surface area (Å²) >= 11 is 0. The van der Waals surface area contributed by atoms with E-state index in [4.69, 9.17) is 5.11 Å². The minimum absolute atomic E-state index is 0.114. The molecule has 0 aliphatic heterocycles. The van der Waals surface area contributed by atoms with Gasteiger partial charge in [-0.3, -0.25) is 0 Å². The van der Waals surface area contributed by atoms with E-state index in [9.17, 15) is 20.2 Å². The summed E-state index contributed by atoms with van der Waals surface area (Å²) in [4.78, 5) is 22.3. The van der Waals surface area contributed by atoms with Crippen molar-refractivity contribution in [1.29, 1.82) is 0 Å². The third-order valence-corrected chi connectivity index (χ3v) is 1.55. The van der Waals surface area contributed by atoms with Gasteiger partial charge in [0.05, 0.1) is 12.6 Å². The molecule has 1 aromatic heterocycles. The van der Waals surface area contributed by atoms with E-state index in [1.54, 1.807) is 0 Å². The Morgan fingerprint density at radius 1 is 1.53 bits per heavy atom. The molecule has 1 N–H and O–H groups in total. The summed E-state index contributed by atoms with van der Waals surface area (Å²) in [6.07, 6.45) is 0.0719. The molecule has 82 valence electrons. The van der Waals surface area contributed by atoms with Crippen LogP contribution in [0.4, 0.5) is 11.8 Å². The Hall–Kier alpha value is -2.03. The van der Waals surface area contributed by atoms with Crippen LogP contribution in [0.1, 0.15) is 6.92 Å². The highest BCUT2D eigenvalue weighted by atomic mass is 16.6. The molecule has 0 aliphatic carbocycles. The summed E-state index contributed by atoms with van der Waals surface area (Å²) in [7, 11) is 0. The third kappa shape index (κ3) is 2.47. The van der Waals surface area contributed by atoms with Crippen LogP contribution < -0.4 is 0 Å². The maximum Gasteiger partial charge on any atom is 0.439 e. The largest absolute Gasteiger partial charge is 0.439 e. The maximum absolute atomic E-state index is 10.5. The first-order valence-electron chi connectivity index (χ1n) is 3.96. The van der Waals surface area contributed by atoms with Gasteiger partial charge >= 0.3 is 11.8 Å². The quantitative estimate of drug-likeness (QED) is 0.561. The van der Waals surface area contributed by atoms with Crippen molar-refractivity contribution in [2.75, 3.05) is 0 Å². The van der Waals surface area contributed by atoms with Crippen molar-refractivity contribution in [2.45, 2.75) is 19.6 Å². The van der Waals surface area contributed by atoms with Gasteiger partial charge in [0, 0.05) is 0 Å². The Morgan fingerprint density at radius 3 is 2.53 bits per heavy atom. The number of imidazole rings is 1. The third-order valence-electron chi connectivity index (χ3n) is 1.55. The first kappa shape index (κ1) is 11.0. The molecule has 0 amide bonds. The van der Waals surface area contributed by atoms with Crippen molar-refractivity contribution in [2.24, 2.45) is 0 Å². The second-order valence-corrected chi connectivity index (χ2v) is 2.91. The number of hydrogen-bond donors (Lipinski definition) is 1. The molecular weight excluding hydrogens is 208 g/mol. The van der Waals surface area contributed by atoms with Gasteiger partial charge in [-0.1, -0.05) is 0 Å². The second kappa shape index (κ2) is 4.00. The zero-order valence-electron chi connectivity index (χ0n) is 7.73. The molecule has 0 aliphatic rings. The van der Waals surface area contributed by atoms with Crippen LogP contribution in [0.2, 0.25) is 0 Å². The van der Waals surface area contributed by atoms with Crippen LogP contribution >= 0.6 is 0 Å². The number of aliphatic hydroxyl groups is 1. The predicted octanol–water partition coefficient (Wildman–Crippen LogP) is 0.0803. The van der Waals surface area contributed by atoms with Crippen LogP contribution in [-0.2, 0) is 6.54 Å². The van der Waals surface area contributed by atoms with Crippen molar-refractivity contribution < 1.29 is 15.0 Å². The van der Waals surface area contributed by atoms with E-state index in [-0.39, 0.29) is 6.54 Å². The standard InChI is InChI=1S/C6H8N4O5/c1-4(11)2-8-3-5(9(12)13)7-6(8)10(14)15/h3-4,11H,2H2,1H3. The monoisotopic (exact) mass is 216 g/mol. The van der Waals surface area contributed by atoms with Gasteiger partial charge in [0.1, 0.15) is 0 Å². The molecule has 0 radical (unpaired) electrons. The van der Waals surface area contributed by atoms with Crippen LogP contribution in [0.5, 0.6) is 0 Å². The summed E-state index contributed by atoms with van der Waals surface area (Å²) in [6, 6.07) is 0. The molecule has 1 aromatic rings. The number of nitro groups is 2. The lowest BCUT2D eigenvalue weighted by Gasteiger charge is -2.02. The van der Waals surface area contributed by atoms with E-state index >= 15 is 0 Å². The van der Waals surface area contributed by atoms with Crippen molar-refractivity contribution in [3.8, 4) is 0 Å². The highest BCUT2D eigenvalue weighted by molar-refractivity contribution is 5.24. The Kier molecular flexibility index (Phi) is 2.95. The van der Waals surface area contributed by atoms with Gasteiger partial charge in [0.25, 0.3) is 0 Å². The molecule has 1 heterocycles. The molecule has 0 bridgehead atoms. The van der Waals surface area contributed by atoms with Crippen LogP contribution in [0.3, 0.4) is 0 Å². The fraction of sp³-hybridized carbons (Fsp3) is 0.500. The van der Waals surface area contributed by atoms with Crippen molar-refractivity contribution in [3.05, 3.63) is 26.4 Å². The number of nitrogens with zero attached hydrogens (tertiary/aromatic N) is 4. The highest BCUT2D eigenvalue weighted by Crippen LogP contribution is 2.17. The second-order valence-electron chi connectivity index (χ2n) is 2.91. The SMILES string of the molecule is CC(O)Cn1cc([N+](=O)[O-])nc1[N+](=O)[O-]. The van der Waals surface area contributed by atoms with Crippen LogP contribution in [0.15, 0.2) is 6.20 Å². The zero-order chi connectivity index (χ0) is 11.6. The van der Waals surface area contributed by atoms with Crippen molar-refractivity contribution >= 4 is 11.8 Å². The Bertz CT molecular complexity index is 398. The smallest absolute Gasteiger partial charge is 0.390 e. The number of hydrogen-bond acceptors (Lipinski definition) is 6. The fourth-order valence-electron chi connectivity index (χ4n) is 1.05. The first-order chi connectivity index (χ1) is 6.91. The summed E-state index contributed by atoms with van der Waals surface area (Å²) < 4.78 is 0.933. The van der Waals surface area contributed by atoms with E-state index < -0.39 is 27.7 Å². The van der Waals surface area contributed by atoms with E-state index in [0.717, 1.165) is 10.8 Å². The lowest BCUT2D eigenvalue weighted by atomic mass is 10.4.